The van der Waals surface area contributed by atoms with Gasteiger partial charge >= 0.3 is 0 Å². The number of hydrogen-bond acceptors (Lipinski definition) is 4. The van der Waals surface area contributed by atoms with E-state index in [2.05, 4.69) is 0 Å². The zero-order valence-corrected chi connectivity index (χ0v) is 10.5. The summed E-state index contributed by atoms with van der Waals surface area (Å²) in [5, 5.41) is 9.11. The molecule has 98 valence electrons. The Balaban J connectivity index is 2.26. The van der Waals surface area contributed by atoms with Crippen molar-refractivity contribution in [1.29, 1.82) is 0 Å². The van der Waals surface area contributed by atoms with Gasteiger partial charge in [0.05, 0.1) is 14.2 Å². The van der Waals surface area contributed by atoms with Gasteiger partial charge in [-0.3, -0.25) is 4.79 Å². The zero-order valence-electron chi connectivity index (χ0n) is 10.5. The summed E-state index contributed by atoms with van der Waals surface area (Å²) in [7, 11) is 3.13. The van der Waals surface area contributed by atoms with E-state index >= 15 is 0 Å². The molecule has 5 heteroatoms. The van der Waals surface area contributed by atoms with Crippen molar-refractivity contribution < 1.29 is 19.4 Å². The van der Waals surface area contributed by atoms with Crippen LogP contribution in [0.15, 0.2) is 18.2 Å². The molecule has 1 saturated heterocycles. The van der Waals surface area contributed by atoms with Gasteiger partial charge in [-0.2, -0.15) is 0 Å². The highest BCUT2D eigenvalue weighted by Gasteiger charge is 2.30. The second kappa shape index (κ2) is 5.27. The fraction of sp³-hybridized carbons (Fsp3) is 0.462. The molecule has 0 aliphatic carbocycles. The maximum Gasteiger partial charge on any atom is 0.227 e. The maximum absolute atomic E-state index is 11.8. The highest BCUT2D eigenvalue weighted by molar-refractivity contribution is 5.96. The predicted molar refractivity (Wildman–Crippen MR) is 67.1 cm³/mol. The Labute approximate surface area is 106 Å². The molecule has 1 atom stereocenters. The number of benzene rings is 1. The first-order chi connectivity index (χ1) is 8.69. The SMILES string of the molecule is COc1ccc(N2CC(CO)CC2=O)cc1OC. The molecule has 0 spiro atoms. The number of carbonyl (C=O) groups is 1. The Morgan fingerprint density at radius 1 is 1.33 bits per heavy atom. The molecule has 1 aliphatic rings. The molecular weight excluding hydrogens is 234 g/mol. The van der Waals surface area contributed by atoms with Crippen molar-refractivity contribution in [2.24, 2.45) is 5.92 Å². The molecule has 1 unspecified atom stereocenters. The number of carbonyl (C=O) groups excluding carboxylic acids is 1. The number of amides is 1. The standard InChI is InChI=1S/C13H17NO4/c1-17-11-4-3-10(6-12(11)18-2)14-7-9(8-15)5-13(14)16/h3-4,6,9,15H,5,7-8H2,1-2H3. The van der Waals surface area contributed by atoms with Gasteiger partial charge in [0.25, 0.3) is 0 Å². The minimum absolute atomic E-state index is 0.0191. The molecule has 5 nitrogen and oxygen atoms in total. The Hall–Kier alpha value is -1.75. The summed E-state index contributed by atoms with van der Waals surface area (Å²) in [5.41, 5.74) is 0.772. The fourth-order valence-electron chi connectivity index (χ4n) is 2.15. The lowest BCUT2D eigenvalue weighted by Gasteiger charge is -2.18. The van der Waals surface area contributed by atoms with Gasteiger partial charge < -0.3 is 19.5 Å². The average Bonchev–Trinajstić information content (AvgIpc) is 2.79. The third-order valence-electron chi connectivity index (χ3n) is 3.14. The van der Waals surface area contributed by atoms with Gasteiger partial charge in [0.1, 0.15) is 0 Å². The molecule has 0 radical (unpaired) electrons. The number of anilines is 1. The normalized spacial score (nSPS) is 19.2. The largest absolute Gasteiger partial charge is 0.493 e. The van der Waals surface area contributed by atoms with Crippen molar-refractivity contribution in [3.8, 4) is 11.5 Å². The first-order valence-electron chi connectivity index (χ1n) is 5.82. The van der Waals surface area contributed by atoms with Gasteiger partial charge in [-0.1, -0.05) is 0 Å². The van der Waals surface area contributed by atoms with E-state index in [9.17, 15) is 4.79 Å². The van der Waals surface area contributed by atoms with E-state index in [0.29, 0.717) is 24.5 Å². The number of ether oxygens (including phenoxy) is 2. The monoisotopic (exact) mass is 251 g/mol. The Bertz CT molecular complexity index is 447. The van der Waals surface area contributed by atoms with Crippen molar-refractivity contribution in [3.63, 3.8) is 0 Å². The van der Waals surface area contributed by atoms with Crippen LogP contribution in [0.2, 0.25) is 0 Å². The van der Waals surface area contributed by atoms with E-state index in [1.807, 2.05) is 6.07 Å². The number of aliphatic hydroxyl groups excluding tert-OH is 1. The molecule has 0 aromatic heterocycles. The molecule has 1 aromatic carbocycles. The minimum Gasteiger partial charge on any atom is -0.493 e. The maximum atomic E-state index is 11.8. The molecule has 1 aliphatic heterocycles. The Kier molecular flexibility index (Phi) is 3.72. The van der Waals surface area contributed by atoms with Gasteiger partial charge in [-0.25, -0.2) is 0 Å². The summed E-state index contributed by atoms with van der Waals surface area (Å²) < 4.78 is 10.4. The smallest absolute Gasteiger partial charge is 0.227 e. The molecular formula is C13H17NO4. The second-order valence-corrected chi connectivity index (χ2v) is 4.30. The Morgan fingerprint density at radius 3 is 2.61 bits per heavy atom. The van der Waals surface area contributed by atoms with Gasteiger partial charge in [0.2, 0.25) is 5.91 Å². The second-order valence-electron chi connectivity index (χ2n) is 4.30. The molecule has 0 bridgehead atoms. The average molecular weight is 251 g/mol. The first kappa shape index (κ1) is 12.7. The Morgan fingerprint density at radius 2 is 2.06 bits per heavy atom. The van der Waals surface area contributed by atoms with E-state index in [1.165, 1.54) is 0 Å². The van der Waals surface area contributed by atoms with E-state index < -0.39 is 0 Å². The van der Waals surface area contributed by atoms with Crippen LogP contribution in [0, 0.1) is 5.92 Å². The molecule has 0 saturated carbocycles. The van der Waals surface area contributed by atoms with Crippen LogP contribution >= 0.6 is 0 Å². The van der Waals surface area contributed by atoms with Crippen LogP contribution in [-0.4, -0.2) is 38.4 Å². The van der Waals surface area contributed by atoms with Gasteiger partial charge in [-0.05, 0) is 12.1 Å². The minimum atomic E-state index is 0.0191. The number of rotatable bonds is 4. The number of methoxy groups -OCH3 is 2. The lowest BCUT2D eigenvalue weighted by molar-refractivity contribution is -0.117. The third kappa shape index (κ3) is 2.26. The van der Waals surface area contributed by atoms with Crippen LogP contribution in [-0.2, 0) is 4.79 Å². The van der Waals surface area contributed by atoms with Crippen LogP contribution in [0.25, 0.3) is 0 Å². The van der Waals surface area contributed by atoms with E-state index in [0.717, 1.165) is 5.69 Å². The highest BCUT2D eigenvalue weighted by Crippen LogP contribution is 2.33. The summed E-state index contributed by atoms with van der Waals surface area (Å²) in [4.78, 5) is 13.5. The van der Waals surface area contributed by atoms with Crippen LogP contribution in [0.3, 0.4) is 0 Å². The van der Waals surface area contributed by atoms with Crippen molar-refractivity contribution in [2.75, 3.05) is 32.3 Å². The van der Waals surface area contributed by atoms with Gasteiger partial charge in [-0.15, -0.1) is 0 Å². The van der Waals surface area contributed by atoms with Gasteiger partial charge in [0, 0.05) is 37.2 Å². The van der Waals surface area contributed by atoms with E-state index in [-0.39, 0.29) is 18.4 Å². The zero-order chi connectivity index (χ0) is 13.1. The van der Waals surface area contributed by atoms with Crippen molar-refractivity contribution in [3.05, 3.63) is 18.2 Å². The summed E-state index contributed by atoms with van der Waals surface area (Å²) in [6.45, 7) is 0.584. The molecule has 1 N–H and O–H groups in total. The van der Waals surface area contributed by atoms with Crippen molar-refractivity contribution in [1.82, 2.24) is 0 Å². The number of aliphatic hydroxyl groups is 1. The lowest BCUT2D eigenvalue weighted by atomic mass is 10.1. The van der Waals surface area contributed by atoms with Crippen LogP contribution < -0.4 is 14.4 Å². The number of hydrogen-bond donors (Lipinski definition) is 1. The summed E-state index contributed by atoms with van der Waals surface area (Å²) in [6.07, 6.45) is 0.394. The van der Waals surface area contributed by atoms with Crippen LogP contribution in [0.5, 0.6) is 11.5 Å². The number of nitrogens with zero attached hydrogens (tertiary/aromatic N) is 1. The van der Waals surface area contributed by atoms with Crippen LogP contribution in [0.4, 0.5) is 5.69 Å². The highest BCUT2D eigenvalue weighted by atomic mass is 16.5. The molecule has 2 rings (SSSR count). The molecule has 1 amide bonds. The first-order valence-corrected chi connectivity index (χ1v) is 5.82. The molecule has 18 heavy (non-hydrogen) atoms. The molecule has 1 aromatic rings. The predicted octanol–water partition coefficient (Wildman–Crippen LogP) is 1.05. The van der Waals surface area contributed by atoms with E-state index in [1.54, 1.807) is 31.3 Å². The van der Waals surface area contributed by atoms with Gasteiger partial charge in [0.15, 0.2) is 11.5 Å². The summed E-state index contributed by atoms with van der Waals surface area (Å²) in [5.74, 6) is 1.27. The lowest BCUT2D eigenvalue weighted by Crippen LogP contribution is -2.24. The van der Waals surface area contributed by atoms with Crippen molar-refractivity contribution >= 4 is 11.6 Å². The third-order valence-corrected chi connectivity index (χ3v) is 3.14. The fourth-order valence-corrected chi connectivity index (χ4v) is 2.15. The van der Waals surface area contributed by atoms with E-state index in [4.69, 9.17) is 14.6 Å². The summed E-state index contributed by atoms with van der Waals surface area (Å²) in [6, 6.07) is 5.36. The molecule has 1 fully saturated rings. The van der Waals surface area contributed by atoms with Crippen molar-refractivity contribution in [2.45, 2.75) is 6.42 Å². The topological polar surface area (TPSA) is 59.0 Å². The quantitative estimate of drug-likeness (QED) is 0.869. The summed E-state index contributed by atoms with van der Waals surface area (Å²) >= 11 is 0. The molecule has 1 heterocycles. The van der Waals surface area contributed by atoms with Crippen LogP contribution in [0.1, 0.15) is 6.42 Å².